The van der Waals surface area contributed by atoms with Gasteiger partial charge in [-0.15, -0.1) is 0 Å². The number of carboxylic acids is 1. The lowest BCUT2D eigenvalue weighted by Crippen LogP contribution is -2.28. The highest BCUT2D eigenvalue weighted by Gasteiger charge is 2.40. The number of carboxylic acid groups (broad SMARTS) is 1. The molecule has 1 unspecified atom stereocenters. The average molecular weight is 349 g/mol. The van der Waals surface area contributed by atoms with E-state index in [1.807, 2.05) is 0 Å². The van der Waals surface area contributed by atoms with E-state index in [9.17, 15) is 27.3 Å². The molecule has 2 atom stereocenters. The van der Waals surface area contributed by atoms with Crippen molar-refractivity contribution in [3.8, 4) is 0 Å². The van der Waals surface area contributed by atoms with Gasteiger partial charge >= 0.3 is 5.97 Å². The van der Waals surface area contributed by atoms with Crippen LogP contribution in [0, 0.1) is 11.7 Å². The van der Waals surface area contributed by atoms with Gasteiger partial charge in [0.25, 0.3) is 10.1 Å². The van der Waals surface area contributed by atoms with Crippen LogP contribution in [-0.2, 0) is 14.9 Å². The van der Waals surface area contributed by atoms with Crippen LogP contribution in [0.5, 0.6) is 0 Å². The fourth-order valence-corrected chi connectivity index (χ4v) is 4.35. The van der Waals surface area contributed by atoms with Crippen molar-refractivity contribution in [2.24, 2.45) is 5.92 Å². The molecule has 5 nitrogen and oxygen atoms in total. The van der Waals surface area contributed by atoms with Gasteiger partial charge < -0.3 is 5.11 Å². The van der Waals surface area contributed by atoms with Gasteiger partial charge in [-0.1, -0.05) is 23.7 Å². The standard InChI is InChI=1S/C14H14ClFO5S/c15-12-7-8(16)5-6-11(12)13(22(19,20)21)9-3-1-2-4-10(9)14(17)18/h4-7,9,13H,1-3H2,(H,17,18)(H,19,20,21)/t9-,13?/m1/s1. The van der Waals surface area contributed by atoms with Crippen LogP contribution in [0.3, 0.4) is 0 Å². The largest absolute Gasteiger partial charge is 0.478 e. The van der Waals surface area contributed by atoms with E-state index in [1.165, 1.54) is 6.08 Å². The van der Waals surface area contributed by atoms with Crippen LogP contribution in [0.15, 0.2) is 29.8 Å². The second-order valence-corrected chi connectivity index (χ2v) is 7.05. The lowest BCUT2D eigenvalue weighted by Gasteiger charge is -2.28. The van der Waals surface area contributed by atoms with E-state index in [0.29, 0.717) is 12.8 Å². The maximum atomic E-state index is 13.2. The molecule has 0 bridgehead atoms. The quantitative estimate of drug-likeness (QED) is 0.815. The molecule has 0 radical (unpaired) electrons. The lowest BCUT2D eigenvalue weighted by molar-refractivity contribution is -0.133. The number of rotatable bonds is 4. The van der Waals surface area contributed by atoms with Crippen molar-refractivity contribution >= 4 is 27.7 Å². The average Bonchev–Trinajstić information content (AvgIpc) is 2.40. The van der Waals surface area contributed by atoms with Gasteiger partial charge in [-0.05, 0) is 37.0 Å². The smallest absolute Gasteiger partial charge is 0.331 e. The first-order valence-electron chi connectivity index (χ1n) is 6.56. The molecule has 8 heteroatoms. The molecular weight excluding hydrogens is 335 g/mol. The summed E-state index contributed by atoms with van der Waals surface area (Å²) < 4.78 is 46.4. The number of carbonyl (C=O) groups is 1. The van der Waals surface area contributed by atoms with Crippen molar-refractivity contribution < 1.29 is 27.3 Å². The van der Waals surface area contributed by atoms with E-state index in [2.05, 4.69) is 0 Å². The molecule has 0 saturated carbocycles. The monoisotopic (exact) mass is 348 g/mol. The molecule has 1 aromatic rings. The number of hydrogen-bond acceptors (Lipinski definition) is 3. The van der Waals surface area contributed by atoms with Crippen LogP contribution in [0.25, 0.3) is 0 Å². The fraction of sp³-hybridized carbons (Fsp3) is 0.357. The maximum absolute atomic E-state index is 13.2. The van der Waals surface area contributed by atoms with Crippen LogP contribution in [-0.4, -0.2) is 24.0 Å². The Balaban J connectivity index is 2.59. The predicted molar refractivity (Wildman–Crippen MR) is 78.8 cm³/mol. The first kappa shape index (κ1) is 16.9. The van der Waals surface area contributed by atoms with Gasteiger partial charge in [0.2, 0.25) is 0 Å². The van der Waals surface area contributed by atoms with Crippen molar-refractivity contribution in [3.05, 3.63) is 46.3 Å². The second kappa shape index (κ2) is 6.36. The van der Waals surface area contributed by atoms with E-state index in [-0.39, 0.29) is 22.6 Å². The number of aliphatic carboxylic acids is 1. The predicted octanol–water partition coefficient (Wildman–Crippen LogP) is 3.22. The zero-order valence-electron chi connectivity index (χ0n) is 11.4. The molecule has 0 aliphatic heterocycles. The van der Waals surface area contributed by atoms with Crippen molar-refractivity contribution in [2.45, 2.75) is 24.5 Å². The molecule has 1 aromatic carbocycles. The van der Waals surface area contributed by atoms with E-state index < -0.39 is 33.1 Å². The van der Waals surface area contributed by atoms with Gasteiger partial charge in [0.15, 0.2) is 0 Å². The van der Waals surface area contributed by atoms with Gasteiger partial charge in [-0.3, -0.25) is 4.55 Å². The molecular formula is C14H14ClFO5S. The lowest BCUT2D eigenvalue weighted by atomic mass is 9.83. The van der Waals surface area contributed by atoms with E-state index in [1.54, 1.807) is 0 Å². The molecule has 120 valence electrons. The molecule has 0 aromatic heterocycles. The minimum Gasteiger partial charge on any atom is -0.478 e. The van der Waals surface area contributed by atoms with E-state index in [0.717, 1.165) is 18.2 Å². The number of hydrogen-bond donors (Lipinski definition) is 2. The molecule has 1 aliphatic rings. The highest BCUT2D eigenvalue weighted by atomic mass is 35.5. The normalized spacial score (nSPS) is 20.3. The van der Waals surface area contributed by atoms with E-state index >= 15 is 0 Å². The zero-order valence-corrected chi connectivity index (χ0v) is 12.9. The third-order valence-electron chi connectivity index (χ3n) is 3.69. The minimum absolute atomic E-state index is 0.00961. The molecule has 0 amide bonds. The summed E-state index contributed by atoms with van der Waals surface area (Å²) in [4.78, 5) is 11.3. The second-order valence-electron chi connectivity index (χ2n) is 5.10. The Morgan fingerprint density at radius 3 is 2.64 bits per heavy atom. The number of halogens is 2. The molecule has 22 heavy (non-hydrogen) atoms. The first-order valence-corrected chi connectivity index (χ1v) is 8.44. The van der Waals surface area contributed by atoms with Crippen LogP contribution >= 0.6 is 11.6 Å². The molecule has 1 aliphatic carbocycles. The summed E-state index contributed by atoms with van der Waals surface area (Å²) in [6, 6.07) is 3.11. The molecule has 2 rings (SSSR count). The summed E-state index contributed by atoms with van der Waals surface area (Å²) >= 11 is 5.89. The summed E-state index contributed by atoms with van der Waals surface area (Å²) in [5.41, 5.74) is -0.0844. The third kappa shape index (κ3) is 3.48. The zero-order chi connectivity index (χ0) is 16.5. The summed E-state index contributed by atoms with van der Waals surface area (Å²) in [6.45, 7) is 0. The fourth-order valence-electron chi connectivity index (χ4n) is 2.78. The van der Waals surface area contributed by atoms with Crippen molar-refractivity contribution in [1.29, 1.82) is 0 Å². The Kier molecular flexibility index (Phi) is 4.89. The minimum atomic E-state index is -4.63. The van der Waals surface area contributed by atoms with Crippen molar-refractivity contribution in [3.63, 3.8) is 0 Å². The Morgan fingerprint density at radius 1 is 1.41 bits per heavy atom. The highest BCUT2D eigenvalue weighted by Crippen LogP contribution is 2.42. The highest BCUT2D eigenvalue weighted by molar-refractivity contribution is 7.86. The number of allylic oxidation sites excluding steroid dienone is 1. The van der Waals surface area contributed by atoms with Crippen LogP contribution in [0.1, 0.15) is 30.1 Å². The van der Waals surface area contributed by atoms with Crippen LogP contribution < -0.4 is 0 Å². The summed E-state index contributed by atoms with van der Waals surface area (Å²) in [5, 5.41) is 7.54. The van der Waals surface area contributed by atoms with Crippen molar-refractivity contribution in [2.75, 3.05) is 0 Å². The Labute approximate surface area is 132 Å². The summed E-state index contributed by atoms with van der Waals surface area (Å²) in [6.07, 6.45) is 2.84. The molecule has 0 saturated heterocycles. The SMILES string of the molecule is O=C(O)C1=CCCC[C@H]1C(c1ccc(F)cc1Cl)S(=O)(=O)O. The molecule has 0 fully saturated rings. The van der Waals surface area contributed by atoms with Gasteiger partial charge in [-0.2, -0.15) is 8.42 Å². The topological polar surface area (TPSA) is 91.7 Å². The Morgan fingerprint density at radius 2 is 2.09 bits per heavy atom. The van der Waals surface area contributed by atoms with Gasteiger partial charge in [-0.25, -0.2) is 9.18 Å². The third-order valence-corrected chi connectivity index (χ3v) is 5.24. The van der Waals surface area contributed by atoms with Crippen LogP contribution in [0.2, 0.25) is 5.02 Å². The van der Waals surface area contributed by atoms with Gasteiger partial charge in [0, 0.05) is 16.5 Å². The Bertz CT molecular complexity index is 729. The summed E-state index contributed by atoms with van der Waals surface area (Å²) in [5.74, 6) is -2.83. The van der Waals surface area contributed by atoms with Gasteiger partial charge in [0.1, 0.15) is 11.1 Å². The maximum Gasteiger partial charge on any atom is 0.331 e. The van der Waals surface area contributed by atoms with Crippen LogP contribution in [0.4, 0.5) is 4.39 Å². The van der Waals surface area contributed by atoms with Gasteiger partial charge in [0.05, 0.1) is 0 Å². The molecule has 2 N–H and O–H groups in total. The van der Waals surface area contributed by atoms with Crippen molar-refractivity contribution in [1.82, 2.24) is 0 Å². The Hall–Kier alpha value is -1.44. The van der Waals surface area contributed by atoms with E-state index in [4.69, 9.17) is 11.6 Å². The molecule has 0 heterocycles. The number of benzene rings is 1. The first-order chi connectivity index (χ1) is 10.2. The molecule has 0 spiro atoms. The summed E-state index contributed by atoms with van der Waals surface area (Å²) in [7, 11) is -4.63.